The molecule has 0 amide bonds. The number of benzene rings is 2. The number of fused-ring (bicyclic) bond motifs is 3. The lowest BCUT2D eigenvalue weighted by Gasteiger charge is -2.22. The Kier molecular flexibility index (Phi) is 4.60. The summed E-state index contributed by atoms with van der Waals surface area (Å²) in [7, 11) is 0. The van der Waals surface area contributed by atoms with Gasteiger partial charge in [-0.2, -0.15) is 0 Å². The van der Waals surface area contributed by atoms with Crippen LogP contribution in [0.5, 0.6) is 0 Å². The molecule has 3 heteroatoms. The summed E-state index contributed by atoms with van der Waals surface area (Å²) in [4.78, 5) is 3.65. The Morgan fingerprint density at radius 2 is 2.04 bits per heavy atom. The van der Waals surface area contributed by atoms with Crippen molar-refractivity contribution in [2.24, 2.45) is 0 Å². The zero-order valence-corrected chi connectivity index (χ0v) is 14.8. The van der Waals surface area contributed by atoms with Gasteiger partial charge in [0.1, 0.15) is 18.7 Å². The number of nitrogens with two attached hydrogens (primary N) is 1. The minimum atomic E-state index is -0.306. The van der Waals surface area contributed by atoms with E-state index in [0.717, 1.165) is 19.4 Å². The molecular weight excluding hydrogens is 308 g/mol. The minimum Gasteiger partial charge on any atom is -0.387 e. The van der Waals surface area contributed by atoms with E-state index in [2.05, 4.69) is 47.6 Å². The van der Waals surface area contributed by atoms with Crippen LogP contribution in [-0.2, 0) is 12.8 Å². The van der Waals surface area contributed by atoms with Crippen LogP contribution in [0.25, 0.3) is 10.9 Å². The summed E-state index contributed by atoms with van der Waals surface area (Å²) in [5.41, 5.74) is 6.63. The zero-order chi connectivity index (χ0) is 17.2. The van der Waals surface area contributed by atoms with E-state index in [1.165, 1.54) is 46.1 Å². The first-order valence-corrected chi connectivity index (χ1v) is 9.37. The van der Waals surface area contributed by atoms with Crippen molar-refractivity contribution in [3.63, 3.8) is 0 Å². The fourth-order valence-electron chi connectivity index (χ4n) is 4.14. The molecule has 0 bridgehead atoms. The van der Waals surface area contributed by atoms with Crippen LogP contribution in [0, 0.1) is 6.92 Å². The van der Waals surface area contributed by atoms with E-state index in [1.807, 2.05) is 18.2 Å². The number of hydrogen-bond donors (Lipinski definition) is 3. The number of aryl methyl sites for hydroxylation is 2. The number of hydrogen-bond acceptors (Lipinski definition) is 1. The first-order valence-electron chi connectivity index (χ1n) is 9.37. The Hall–Kier alpha value is -2.10. The second-order valence-corrected chi connectivity index (χ2v) is 7.38. The zero-order valence-electron chi connectivity index (χ0n) is 14.8. The second kappa shape index (κ2) is 7.03. The first-order chi connectivity index (χ1) is 12.2. The second-order valence-electron chi connectivity index (χ2n) is 7.38. The number of aromatic nitrogens is 1. The highest BCUT2D eigenvalue weighted by Crippen LogP contribution is 2.33. The highest BCUT2D eigenvalue weighted by atomic mass is 16.3. The van der Waals surface area contributed by atoms with Crippen molar-refractivity contribution in [2.75, 3.05) is 6.54 Å². The van der Waals surface area contributed by atoms with Crippen molar-refractivity contribution in [1.29, 1.82) is 0 Å². The van der Waals surface area contributed by atoms with Gasteiger partial charge in [0.15, 0.2) is 0 Å². The SMILES string of the molecule is Cc1ccc2[nH]c3c(c2c1)CCC[C@@H]3[NH2+]C[C@H](O)Cc1ccccc1. The third-order valence-corrected chi connectivity index (χ3v) is 5.41. The van der Waals surface area contributed by atoms with E-state index in [4.69, 9.17) is 0 Å². The van der Waals surface area contributed by atoms with Gasteiger partial charge < -0.3 is 15.4 Å². The van der Waals surface area contributed by atoms with Gasteiger partial charge in [0.25, 0.3) is 0 Å². The lowest BCUT2D eigenvalue weighted by molar-refractivity contribution is -0.703. The molecule has 2 atom stereocenters. The summed E-state index contributed by atoms with van der Waals surface area (Å²) in [5.74, 6) is 0. The van der Waals surface area contributed by atoms with Gasteiger partial charge in [-0.15, -0.1) is 0 Å². The predicted octanol–water partition coefficient (Wildman–Crippen LogP) is 3.02. The average molecular weight is 335 g/mol. The summed E-state index contributed by atoms with van der Waals surface area (Å²) < 4.78 is 0. The fraction of sp³-hybridized carbons (Fsp3) is 0.364. The molecule has 1 heterocycles. The predicted molar refractivity (Wildman–Crippen MR) is 102 cm³/mol. The van der Waals surface area contributed by atoms with E-state index in [-0.39, 0.29) is 6.10 Å². The van der Waals surface area contributed by atoms with Gasteiger partial charge in [0.05, 0.1) is 5.69 Å². The van der Waals surface area contributed by atoms with Crippen LogP contribution in [0.4, 0.5) is 0 Å². The molecule has 1 aliphatic rings. The fourth-order valence-corrected chi connectivity index (χ4v) is 4.14. The largest absolute Gasteiger partial charge is 0.387 e. The molecular formula is C22H27N2O+. The molecule has 3 nitrogen and oxygen atoms in total. The summed E-state index contributed by atoms with van der Waals surface area (Å²) >= 11 is 0. The molecule has 1 aliphatic carbocycles. The van der Waals surface area contributed by atoms with Crippen molar-refractivity contribution in [3.8, 4) is 0 Å². The van der Waals surface area contributed by atoms with Gasteiger partial charge in [-0.3, -0.25) is 0 Å². The summed E-state index contributed by atoms with van der Waals surface area (Å²) in [5, 5.41) is 14.1. The lowest BCUT2D eigenvalue weighted by Crippen LogP contribution is -2.87. The summed E-state index contributed by atoms with van der Waals surface area (Å²) in [6, 6.07) is 17.4. The van der Waals surface area contributed by atoms with Crippen molar-refractivity contribution < 1.29 is 10.4 Å². The molecule has 3 aromatic rings. The Bertz CT molecular complexity index is 853. The standard InChI is InChI=1S/C22H26N2O/c1-15-10-11-20-19(12-15)18-8-5-9-21(22(18)24-20)23-14-17(25)13-16-6-3-2-4-7-16/h2-4,6-7,10-12,17,21,23-25H,5,8-9,13-14H2,1H3/p+1/t17-,21+/m1/s1. The van der Waals surface area contributed by atoms with Crippen molar-refractivity contribution in [2.45, 2.75) is 44.8 Å². The third kappa shape index (κ3) is 3.48. The van der Waals surface area contributed by atoms with Gasteiger partial charge in [-0.25, -0.2) is 0 Å². The third-order valence-electron chi connectivity index (χ3n) is 5.41. The Morgan fingerprint density at radius 3 is 2.88 bits per heavy atom. The number of aromatic amines is 1. The van der Waals surface area contributed by atoms with Gasteiger partial charge in [0.2, 0.25) is 0 Å². The van der Waals surface area contributed by atoms with E-state index >= 15 is 0 Å². The number of nitrogens with one attached hydrogen (secondary N) is 1. The topological polar surface area (TPSA) is 52.6 Å². The highest BCUT2D eigenvalue weighted by Gasteiger charge is 2.27. The van der Waals surface area contributed by atoms with Gasteiger partial charge in [-0.05, 0) is 43.0 Å². The number of aliphatic hydroxyl groups excluding tert-OH is 1. The molecule has 0 spiro atoms. The molecule has 0 radical (unpaired) electrons. The quantitative estimate of drug-likeness (QED) is 0.659. The van der Waals surface area contributed by atoms with E-state index in [0.29, 0.717) is 6.04 Å². The maximum absolute atomic E-state index is 10.4. The molecule has 2 aromatic carbocycles. The van der Waals surface area contributed by atoms with Crippen LogP contribution < -0.4 is 5.32 Å². The molecule has 0 saturated carbocycles. The minimum absolute atomic E-state index is 0.306. The first kappa shape index (κ1) is 16.4. The van der Waals surface area contributed by atoms with E-state index < -0.39 is 0 Å². The number of aliphatic hydroxyl groups is 1. The van der Waals surface area contributed by atoms with Crippen LogP contribution in [-0.4, -0.2) is 22.7 Å². The van der Waals surface area contributed by atoms with Gasteiger partial charge in [-0.1, -0.05) is 42.0 Å². The highest BCUT2D eigenvalue weighted by molar-refractivity contribution is 5.85. The van der Waals surface area contributed by atoms with Crippen LogP contribution in [0.1, 0.15) is 41.3 Å². The maximum Gasteiger partial charge on any atom is 0.127 e. The monoisotopic (exact) mass is 335 g/mol. The Balaban J connectivity index is 1.47. The number of quaternary nitrogens is 1. The Morgan fingerprint density at radius 1 is 1.20 bits per heavy atom. The molecule has 0 aliphatic heterocycles. The molecule has 25 heavy (non-hydrogen) atoms. The van der Waals surface area contributed by atoms with Gasteiger partial charge >= 0.3 is 0 Å². The molecule has 1 aromatic heterocycles. The lowest BCUT2D eigenvalue weighted by atomic mass is 9.91. The number of rotatable bonds is 5. The smallest absolute Gasteiger partial charge is 0.127 e. The van der Waals surface area contributed by atoms with Gasteiger partial charge in [0, 0.05) is 23.7 Å². The molecule has 130 valence electrons. The molecule has 0 fully saturated rings. The van der Waals surface area contributed by atoms with E-state index in [1.54, 1.807) is 0 Å². The summed E-state index contributed by atoms with van der Waals surface area (Å²) in [6.07, 6.45) is 3.98. The Labute approximate surface area is 149 Å². The van der Waals surface area contributed by atoms with Crippen LogP contribution in [0.15, 0.2) is 48.5 Å². The van der Waals surface area contributed by atoms with Crippen LogP contribution in [0.2, 0.25) is 0 Å². The maximum atomic E-state index is 10.4. The van der Waals surface area contributed by atoms with Crippen LogP contribution in [0.3, 0.4) is 0 Å². The van der Waals surface area contributed by atoms with Crippen LogP contribution >= 0.6 is 0 Å². The summed E-state index contributed by atoms with van der Waals surface area (Å²) in [6.45, 7) is 2.90. The van der Waals surface area contributed by atoms with Crippen molar-refractivity contribution in [3.05, 3.63) is 70.9 Å². The molecule has 4 rings (SSSR count). The van der Waals surface area contributed by atoms with Crippen molar-refractivity contribution in [1.82, 2.24) is 4.98 Å². The molecule has 0 unspecified atom stereocenters. The van der Waals surface area contributed by atoms with E-state index in [9.17, 15) is 5.11 Å². The molecule has 4 N–H and O–H groups in total. The van der Waals surface area contributed by atoms with Crippen molar-refractivity contribution >= 4 is 10.9 Å². The number of H-pyrrole nitrogens is 1. The normalized spacial score (nSPS) is 18.2. The molecule has 0 saturated heterocycles. The average Bonchev–Trinajstić information content (AvgIpc) is 2.99.